The Morgan fingerprint density at radius 3 is 2.64 bits per heavy atom. The van der Waals surface area contributed by atoms with Gasteiger partial charge in [-0.25, -0.2) is 4.99 Å². The van der Waals surface area contributed by atoms with E-state index >= 15 is 0 Å². The third-order valence-corrected chi connectivity index (χ3v) is 1.74. The number of nitrogens with zero attached hydrogens (tertiary/aromatic N) is 1. The van der Waals surface area contributed by atoms with E-state index in [2.05, 4.69) is 27.6 Å². The molecule has 0 fully saturated rings. The third kappa shape index (κ3) is 2.75. The molecule has 4 N–H and O–H groups in total. The van der Waals surface area contributed by atoms with Crippen molar-refractivity contribution in [3.8, 4) is 0 Å². The summed E-state index contributed by atoms with van der Waals surface area (Å²) in [7, 11) is 0. The zero-order valence-corrected chi connectivity index (χ0v) is 7.95. The monoisotopic (exact) mass is 265 g/mol. The minimum atomic E-state index is 0.0898. The minimum Gasteiger partial charge on any atom is -0.370 e. The van der Waals surface area contributed by atoms with Gasteiger partial charge < -0.3 is 11.5 Å². The van der Waals surface area contributed by atoms with Gasteiger partial charge in [-0.05, 0) is 40.8 Å². The number of hydrogen-bond acceptors (Lipinski definition) is 1. The predicted molar refractivity (Wildman–Crippen MR) is 54.6 cm³/mol. The quantitative estimate of drug-likeness (QED) is 0.455. The van der Waals surface area contributed by atoms with E-state index in [1.54, 1.807) is 0 Å². The molecular formula is C7H8IN3. The smallest absolute Gasteiger partial charge is 0.191 e. The molecule has 0 radical (unpaired) electrons. The summed E-state index contributed by atoms with van der Waals surface area (Å²) in [4.78, 5) is 3.89. The van der Waals surface area contributed by atoms with E-state index < -0.39 is 0 Å². The molecule has 0 aliphatic carbocycles. The Balaban J connectivity index is 2.97. The van der Waals surface area contributed by atoms with Crippen LogP contribution in [0.4, 0.5) is 5.69 Å². The summed E-state index contributed by atoms with van der Waals surface area (Å²) in [5.41, 5.74) is 11.2. The van der Waals surface area contributed by atoms with Crippen molar-refractivity contribution in [2.75, 3.05) is 0 Å². The maximum atomic E-state index is 5.20. The Kier molecular flexibility index (Phi) is 2.70. The number of aliphatic imine (C=N–C) groups is 1. The summed E-state index contributed by atoms with van der Waals surface area (Å²) < 4.78 is 1.12. The molecule has 0 bridgehead atoms. The van der Waals surface area contributed by atoms with E-state index in [1.807, 2.05) is 24.3 Å². The van der Waals surface area contributed by atoms with Crippen molar-refractivity contribution in [2.45, 2.75) is 0 Å². The van der Waals surface area contributed by atoms with Crippen LogP contribution in [0.25, 0.3) is 0 Å². The number of halogens is 1. The van der Waals surface area contributed by atoms with Crippen molar-refractivity contribution in [1.29, 1.82) is 0 Å². The number of nitrogens with two attached hydrogens (primary N) is 2. The summed E-state index contributed by atoms with van der Waals surface area (Å²) in [5.74, 6) is 0.0898. The maximum absolute atomic E-state index is 5.20. The van der Waals surface area contributed by atoms with Gasteiger partial charge in [-0.2, -0.15) is 0 Å². The Labute approximate surface area is 78.6 Å². The van der Waals surface area contributed by atoms with Crippen LogP contribution < -0.4 is 11.5 Å². The van der Waals surface area contributed by atoms with Crippen LogP contribution >= 0.6 is 22.6 Å². The second-order valence-corrected chi connectivity index (χ2v) is 3.26. The molecule has 11 heavy (non-hydrogen) atoms. The lowest BCUT2D eigenvalue weighted by atomic mass is 10.3. The fraction of sp³-hybridized carbons (Fsp3) is 0. The van der Waals surface area contributed by atoms with Crippen LogP contribution in [0.2, 0.25) is 0 Å². The zero-order valence-electron chi connectivity index (χ0n) is 5.79. The molecule has 0 aliphatic rings. The lowest BCUT2D eigenvalue weighted by molar-refractivity contribution is 1.41. The van der Waals surface area contributed by atoms with Gasteiger partial charge in [-0.3, -0.25) is 0 Å². The average molecular weight is 265 g/mol. The lowest BCUT2D eigenvalue weighted by Gasteiger charge is -1.94. The van der Waals surface area contributed by atoms with Gasteiger partial charge in [0.2, 0.25) is 0 Å². The molecular weight excluding hydrogens is 257 g/mol. The molecule has 1 rings (SSSR count). The van der Waals surface area contributed by atoms with Crippen LogP contribution in [-0.4, -0.2) is 5.96 Å². The highest BCUT2D eigenvalue weighted by Crippen LogP contribution is 2.14. The minimum absolute atomic E-state index is 0.0898. The fourth-order valence-corrected chi connectivity index (χ4v) is 1.22. The molecule has 0 spiro atoms. The van der Waals surface area contributed by atoms with Gasteiger partial charge >= 0.3 is 0 Å². The van der Waals surface area contributed by atoms with Crippen LogP contribution in [0.5, 0.6) is 0 Å². The summed E-state index contributed by atoms with van der Waals surface area (Å²) in [5, 5.41) is 0. The SMILES string of the molecule is NC(N)=Nc1cccc([131I])c1. The Morgan fingerprint density at radius 2 is 2.09 bits per heavy atom. The van der Waals surface area contributed by atoms with Crippen LogP contribution in [-0.2, 0) is 0 Å². The summed E-state index contributed by atoms with van der Waals surface area (Å²) in [6.07, 6.45) is 0. The highest BCUT2D eigenvalue weighted by atomic mass is 131. The van der Waals surface area contributed by atoms with E-state index in [9.17, 15) is 0 Å². The van der Waals surface area contributed by atoms with Crippen LogP contribution in [0, 0.1) is 3.57 Å². The first-order chi connectivity index (χ1) is 5.18. The molecule has 3 nitrogen and oxygen atoms in total. The molecule has 1 aromatic carbocycles. The number of guanidine groups is 1. The molecule has 0 saturated heterocycles. The molecule has 1 aromatic rings. The third-order valence-electron chi connectivity index (χ3n) is 1.07. The average Bonchev–Trinajstić information content (AvgIpc) is 1.85. The highest BCUT2D eigenvalue weighted by Gasteiger charge is 1.89. The van der Waals surface area contributed by atoms with Gasteiger partial charge in [0.1, 0.15) is 0 Å². The first kappa shape index (κ1) is 8.32. The van der Waals surface area contributed by atoms with E-state index in [4.69, 9.17) is 11.5 Å². The number of hydrogen-bond donors (Lipinski definition) is 2. The normalized spacial score (nSPS) is 9.18. The number of benzene rings is 1. The maximum Gasteiger partial charge on any atom is 0.191 e. The van der Waals surface area contributed by atoms with E-state index in [1.165, 1.54) is 0 Å². The first-order valence-corrected chi connectivity index (χ1v) is 4.11. The van der Waals surface area contributed by atoms with E-state index in [0.717, 1.165) is 9.26 Å². The van der Waals surface area contributed by atoms with Crippen LogP contribution in [0.1, 0.15) is 0 Å². The van der Waals surface area contributed by atoms with Gasteiger partial charge in [0.25, 0.3) is 0 Å². The van der Waals surface area contributed by atoms with Gasteiger partial charge in [-0.15, -0.1) is 0 Å². The van der Waals surface area contributed by atoms with Gasteiger partial charge in [0, 0.05) is 3.57 Å². The molecule has 4 heteroatoms. The predicted octanol–water partition coefficient (Wildman–Crippen LogP) is 1.20. The molecule has 0 unspecified atom stereocenters. The van der Waals surface area contributed by atoms with Crippen molar-refractivity contribution in [2.24, 2.45) is 16.5 Å². The van der Waals surface area contributed by atoms with E-state index in [-0.39, 0.29) is 5.96 Å². The largest absolute Gasteiger partial charge is 0.370 e. The topological polar surface area (TPSA) is 64.4 Å². The summed E-state index contributed by atoms with van der Waals surface area (Å²) in [6.45, 7) is 0. The van der Waals surface area contributed by atoms with Crippen molar-refractivity contribution >= 4 is 34.2 Å². The molecule has 0 amide bonds. The molecule has 0 atom stereocenters. The van der Waals surface area contributed by atoms with Crippen molar-refractivity contribution in [1.82, 2.24) is 0 Å². The highest BCUT2D eigenvalue weighted by molar-refractivity contribution is 14.1. The standard InChI is InChI=1S/C7H8IN3/c8-5-2-1-3-6(4-5)11-7(9)10/h1-4H,(H4,9,10,11)/i8+4. The molecule has 0 heterocycles. The van der Waals surface area contributed by atoms with E-state index in [0.29, 0.717) is 0 Å². The first-order valence-electron chi connectivity index (χ1n) is 3.03. The van der Waals surface area contributed by atoms with Crippen molar-refractivity contribution in [3.05, 3.63) is 27.8 Å². The molecule has 0 aromatic heterocycles. The summed E-state index contributed by atoms with van der Waals surface area (Å²) in [6, 6.07) is 7.64. The Morgan fingerprint density at radius 1 is 1.36 bits per heavy atom. The molecule has 0 aliphatic heterocycles. The van der Waals surface area contributed by atoms with Gasteiger partial charge in [0.05, 0.1) is 5.69 Å². The Hall–Kier alpha value is -0.780. The van der Waals surface area contributed by atoms with Gasteiger partial charge in [0.15, 0.2) is 5.96 Å². The molecule has 0 saturated carbocycles. The van der Waals surface area contributed by atoms with Crippen molar-refractivity contribution < 1.29 is 0 Å². The number of rotatable bonds is 1. The summed E-state index contributed by atoms with van der Waals surface area (Å²) >= 11 is 2.20. The second-order valence-electron chi connectivity index (χ2n) is 2.02. The van der Waals surface area contributed by atoms with Crippen LogP contribution in [0.15, 0.2) is 29.3 Å². The Bertz CT molecular complexity index is 279. The fourth-order valence-electron chi connectivity index (χ4n) is 0.695. The lowest BCUT2D eigenvalue weighted by Crippen LogP contribution is -2.21. The second kappa shape index (κ2) is 3.56. The van der Waals surface area contributed by atoms with Gasteiger partial charge in [-0.1, -0.05) is 6.07 Å². The van der Waals surface area contributed by atoms with Crippen molar-refractivity contribution in [3.63, 3.8) is 0 Å². The molecule has 58 valence electrons. The zero-order chi connectivity index (χ0) is 8.27. The van der Waals surface area contributed by atoms with Crippen LogP contribution in [0.3, 0.4) is 0 Å².